The molecule has 2 heterocycles. The highest BCUT2D eigenvalue weighted by molar-refractivity contribution is 7.80. The van der Waals surface area contributed by atoms with E-state index in [1.54, 1.807) is 24.3 Å². The van der Waals surface area contributed by atoms with Crippen molar-refractivity contribution in [1.29, 1.82) is 0 Å². The van der Waals surface area contributed by atoms with Crippen molar-refractivity contribution in [3.05, 3.63) is 106 Å². The Labute approximate surface area is 285 Å². The fourth-order valence-electron chi connectivity index (χ4n) is 4.22. The van der Waals surface area contributed by atoms with E-state index in [-0.39, 0.29) is 35.4 Å². The normalized spacial score (nSPS) is 12.3. The summed E-state index contributed by atoms with van der Waals surface area (Å²) in [6.07, 6.45) is -17.4. The minimum Gasteiger partial charge on any atom is -0.358 e. The average Bonchev–Trinajstić information content (AvgIpc) is 3.01. The van der Waals surface area contributed by atoms with Gasteiger partial charge in [-0.1, -0.05) is 0 Å². The smallest absolute Gasteiger partial charge is 0.358 e. The fourth-order valence-corrected chi connectivity index (χ4v) is 4.60. The highest BCUT2D eigenvalue weighted by atomic mass is 32.1. The van der Waals surface area contributed by atoms with Crippen LogP contribution in [-0.4, -0.2) is 20.2 Å². The van der Waals surface area contributed by atoms with Crippen molar-refractivity contribution in [2.45, 2.75) is 37.8 Å². The predicted octanol–water partition coefficient (Wildman–Crippen LogP) is 9.19. The summed E-state index contributed by atoms with van der Waals surface area (Å²) in [5.74, 6) is 0. The summed E-state index contributed by atoms with van der Waals surface area (Å²) in [5, 5.41) is 9.46. The summed E-state index contributed by atoms with van der Waals surface area (Å²) in [4.78, 5) is 8.45. The fraction of sp³-hybridized carbons (Fsp3) is 0.200. The lowest BCUT2D eigenvalue weighted by Crippen LogP contribution is -2.28. The summed E-state index contributed by atoms with van der Waals surface area (Å²) in [6.45, 7) is -0.0571. The lowest BCUT2D eigenvalue weighted by Gasteiger charge is -2.16. The van der Waals surface area contributed by atoms with E-state index in [2.05, 4.69) is 31.2 Å². The van der Waals surface area contributed by atoms with E-state index in [0.717, 1.165) is 0 Å². The van der Waals surface area contributed by atoms with Gasteiger partial charge in [-0.25, -0.2) is 0 Å². The first kappa shape index (κ1) is 38.1. The van der Waals surface area contributed by atoms with Crippen molar-refractivity contribution < 1.29 is 52.7 Å². The van der Waals surface area contributed by atoms with Crippen LogP contribution in [0.1, 0.15) is 33.4 Å². The zero-order valence-electron chi connectivity index (χ0n) is 24.6. The second-order valence-electron chi connectivity index (χ2n) is 10.3. The molecular weight excluding hydrogens is 736 g/mol. The molecule has 2 aromatic heterocycles. The van der Waals surface area contributed by atoms with Crippen LogP contribution < -0.4 is 21.3 Å². The van der Waals surface area contributed by atoms with Crippen LogP contribution in [0, 0.1) is 0 Å². The van der Waals surface area contributed by atoms with E-state index in [1.807, 2.05) is 0 Å². The Bertz CT molecular complexity index is 1670. The van der Waals surface area contributed by atoms with Crippen LogP contribution in [0.15, 0.2) is 73.1 Å². The minimum absolute atomic E-state index is 0.0127. The summed E-state index contributed by atoms with van der Waals surface area (Å²) < 4.78 is 158. The number of hydrogen-bond acceptors (Lipinski definition) is 4. The molecule has 2 aromatic carbocycles. The molecule has 0 spiro atoms. The second kappa shape index (κ2) is 14.6. The molecule has 0 fully saturated rings. The molecular formula is C30H20F12N6S2. The molecule has 6 nitrogen and oxygen atoms in total. The maximum atomic E-state index is 13.2. The topological polar surface area (TPSA) is 73.9 Å². The average molecular weight is 757 g/mol. The highest BCUT2D eigenvalue weighted by Gasteiger charge is 2.38. The van der Waals surface area contributed by atoms with Crippen LogP contribution in [0.2, 0.25) is 0 Å². The second-order valence-corrected chi connectivity index (χ2v) is 11.1. The zero-order valence-corrected chi connectivity index (χ0v) is 26.2. The molecule has 4 rings (SSSR count). The van der Waals surface area contributed by atoms with Crippen LogP contribution in [0.4, 0.5) is 64.1 Å². The summed E-state index contributed by atoms with van der Waals surface area (Å²) in [7, 11) is 0. The molecule has 266 valence electrons. The number of pyridine rings is 2. The van der Waals surface area contributed by atoms with E-state index >= 15 is 0 Å². The molecule has 0 saturated carbocycles. The molecule has 50 heavy (non-hydrogen) atoms. The summed E-state index contributed by atoms with van der Waals surface area (Å²) in [5.41, 5.74) is -5.41. The third-order valence-corrected chi connectivity index (χ3v) is 7.00. The number of benzene rings is 2. The Morgan fingerprint density at radius 3 is 1.06 bits per heavy atom. The maximum absolute atomic E-state index is 13.2. The van der Waals surface area contributed by atoms with Gasteiger partial charge in [-0.05, 0) is 96.2 Å². The van der Waals surface area contributed by atoms with Crippen molar-refractivity contribution in [2.75, 3.05) is 10.6 Å². The number of rotatable bonds is 7. The van der Waals surface area contributed by atoms with Crippen LogP contribution in [0.5, 0.6) is 0 Å². The van der Waals surface area contributed by atoms with Gasteiger partial charge in [-0.15, -0.1) is 0 Å². The van der Waals surface area contributed by atoms with Gasteiger partial charge in [-0.3, -0.25) is 9.97 Å². The molecule has 0 atom stereocenters. The van der Waals surface area contributed by atoms with Gasteiger partial charge < -0.3 is 21.3 Å². The van der Waals surface area contributed by atoms with Gasteiger partial charge >= 0.3 is 24.7 Å². The van der Waals surface area contributed by atoms with E-state index in [9.17, 15) is 52.7 Å². The molecule has 0 radical (unpaired) electrons. The first-order valence-electron chi connectivity index (χ1n) is 13.7. The number of alkyl halides is 12. The number of nitrogens with zero attached hydrogens (tertiary/aromatic N) is 2. The monoisotopic (exact) mass is 756 g/mol. The molecule has 4 aromatic rings. The number of thiocarbonyl (C=S) groups is 2. The Hall–Kier alpha value is -4.72. The van der Waals surface area contributed by atoms with Gasteiger partial charge in [0.2, 0.25) is 0 Å². The minimum atomic E-state index is -5.04. The molecule has 0 aliphatic rings. The number of nitrogens with one attached hydrogen (secondary N) is 4. The maximum Gasteiger partial charge on any atom is 0.416 e. The van der Waals surface area contributed by atoms with E-state index in [4.69, 9.17) is 24.4 Å². The predicted molar refractivity (Wildman–Crippen MR) is 166 cm³/mol. The quantitative estimate of drug-likeness (QED) is 0.110. The SMILES string of the molecule is FC(F)(F)c1cc(NC(=S)NCc2ccnc(-c3cc(CNC(=S)Nc4cc(C(F)(F)F)cc(C(F)(F)F)c4)ccn3)c2)cc(C(F)(F)F)c1. The Morgan fingerprint density at radius 2 is 0.780 bits per heavy atom. The highest BCUT2D eigenvalue weighted by Crippen LogP contribution is 2.39. The molecule has 0 bridgehead atoms. The first-order valence-corrected chi connectivity index (χ1v) is 14.5. The van der Waals surface area contributed by atoms with Gasteiger partial charge in [0.15, 0.2) is 10.2 Å². The Kier molecular flexibility index (Phi) is 11.1. The molecule has 20 heteroatoms. The first-order chi connectivity index (χ1) is 23.1. The zero-order chi connectivity index (χ0) is 37.1. The van der Waals surface area contributed by atoms with Gasteiger partial charge in [0.1, 0.15) is 0 Å². The number of aromatic nitrogens is 2. The van der Waals surface area contributed by atoms with Crippen LogP contribution >= 0.6 is 24.4 Å². The van der Waals surface area contributed by atoms with Gasteiger partial charge in [0.05, 0.1) is 33.6 Å². The van der Waals surface area contributed by atoms with Gasteiger partial charge in [-0.2, -0.15) is 52.7 Å². The summed E-state index contributed by atoms with van der Waals surface area (Å²) in [6, 6.07) is 8.16. The van der Waals surface area contributed by atoms with Gasteiger partial charge in [0, 0.05) is 36.9 Å². The molecule has 0 saturated heterocycles. The number of anilines is 2. The Balaban J connectivity index is 1.39. The lowest BCUT2D eigenvalue weighted by atomic mass is 10.1. The molecule has 0 unspecified atom stereocenters. The van der Waals surface area contributed by atoms with Crippen LogP contribution in [-0.2, 0) is 37.8 Å². The van der Waals surface area contributed by atoms with Crippen LogP contribution in [0.3, 0.4) is 0 Å². The van der Waals surface area contributed by atoms with E-state index < -0.39 is 58.3 Å². The summed E-state index contributed by atoms with van der Waals surface area (Å²) >= 11 is 10.1. The van der Waals surface area contributed by atoms with Crippen molar-refractivity contribution in [1.82, 2.24) is 20.6 Å². The molecule has 0 aliphatic heterocycles. The molecule has 0 aliphatic carbocycles. The van der Waals surface area contributed by atoms with Gasteiger partial charge in [0.25, 0.3) is 0 Å². The number of hydrogen-bond donors (Lipinski definition) is 4. The number of halogens is 12. The third-order valence-electron chi connectivity index (χ3n) is 6.51. The van der Waals surface area contributed by atoms with Crippen molar-refractivity contribution in [3.8, 4) is 11.4 Å². The standard InChI is InChI=1S/C30H20F12N6S2/c31-27(32,33)17-7-18(28(34,35)36)10-21(9-17)47-25(49)45-13-15-1-3-43-23(5-15)24-6-16(2-4-44-24)14-46-26(50)48-22-11-19(29(37,38)39)8-20(12-22)30(40,41)42/h1-12H,13-14H2,(H2,45,47,49)(H2,46,48,50). The van der Waals surface area contributed by atoms with Crippen molar-refractivity contribution in [3.63, 3.8) is 0 Å². The van der Waals surface area contributed by atoms with E-state index in [0.29, 0.717) is 46.8 Å². The van der Waals surface area contributed by atoms with Crippen molar-refractivity contribution >= 4 is 46.0 Å². The largest absolute Gasteiger partial charge is 0.416 e. The third kappa shape index (κ3) is 10.6. The van der Waals surface area contributed by atoms with Crippen molar-refractivity contribution in [2.24, 2.45) is 0 Å². The molecule has 4 N–H and O–H groups in total. The Morgan fingerprint density at radius 1 is 0.480 bits per heavy atom. The van der Waals surface area contributed by atoms with Crippen LogP contribution in [0.25, 0.3) is 11.4 Å². The van der Waals surface area contributed by atoms with E-state index in [1.165, 1.54) is 12.4 Å². The molecule has 0 amide bonds. The lowest BCUT2D eigenvalue weighted by molar-refractivity contribution is -0.144.